The fourth-order valence-electron chi connectivity index (χ4n) is 4.86. The molecule has 1 fully saturated rings. The molecule has 5 rings (SSSR count). The van der Waals surface area contributed by atoms with Gasteiger partial charge in [-0.1, -0.05) is 31.2 Å². The summed E-state index contributed by atoms with van der Waals surface area (Å²) < 4.78 is 28.1. The van der Waals surface area contributed by atoms with E-state index in [1.165, 1.54) is 30.7 Å². The number of rotatable bonds is 6. The van der Waals surface area contributed by atoms with Gasteiger partial charge in [0.15, 0.2) is 6.10 Å². The first kappa shape index (κ1) is 23.2. The molecule has 3 atom stereocenters. The third-order valence-corrected chi connectivity index (χ3v) is 6.85. The van der Waals surface area contributed by atoms with E-state index in [4.69, 9.17) is 9.47 Å². The number of halogens is 1. The Morgan fingerprint density at radius 3 is 2.54 bits per heavy atom. The van der Waals surface area contributed by atoms with Crippen molar-refractivity contribution in [3.8, 4) is 23.0 Å². The highest BCUT2D eigenvalue weighted by molar-refractivity contribution is 5.93. The number of hydrogen-bond acceptors (Lipinski definition) is 5. The van der Waals surface area contributed by atoms with Gasteiger partial charge in [0.1, 0.15) is 35.4 Å². The number of phenolic OH excluding ortho intramolecular Hbond substituents is 2. The van der Waals surface area contributed by atoms with Gasteiger partial charge in [-0.05, 0) is 79.4 Å². The Balaban J connectivity index is 1.41. The number of hydrogen-bond donors (Lipinski definition) is 2. The molecule has 6 heteroatoms. The summed E-state index contributed by atoms with van der Waals surface area (Å²) in [7, 11) is 0. The molecule has 0 bridgehead atoms. The Morgan fingerprint density at radius 2 is 1.83 bits per heavy atom. The van der Waals surface area contributed by atoms with Gasteiger partial charge in [0, 0.05) is 18.2 Å². The third kappa shape index (κ3) is 4.84. The molecule has 5 nitrogen and oxygen atoms in total. The summed E-state index contributed by atoms with van der Waals surface area (Å²) in [6.07, 6.45) is 0.502. The maximum Gasteiger partial charge on any atom is 0.152 e. The molecule has 2 heterocycles. The number of likely N-dealkylation sites (tertiary alicyclic amines) is 1. The molecule has 35 heavy (non-hydrogen) atoms. The SMILES string of the molecule is CC1CCN(C(C)COc2ccc(C3Oc4ccc(O)cc4C(F)=C3c3cccc(O)c3)cc2)C1. The van der Waals surface area contributed by atoms with Crippen molar-refractivity contribution in [2.75, 3.05) is 19.7 Å². The minimum atomic E-state index is -0.729. The van der Waals surface area contributed by atoms with E-state index in [0.29, 0.717) is 29.5 Å². The molecule has 2 aliphatic rings. The number of fused-ring (bicyclic) bond motifs is 1. The number of phenols is 2. The zero-order valence-electron chi connectivity index (χ0n) is 19.9. The minimum absolute atomic E-state index is 0.0357. The minimum Gasteiger partial charge on any atom is -0.508 e. The quantitative estimate of drug-likeness (QED) is 0.446. The van der Waals surface area contributed by atoms with Gasteiger partial charge in [-0.3, -0.25) is 4.90 Å². The van der Waals surface area contributed by atoms with E-state index in [1.807, 2.05) is 24.3 Å². The Hall–Kier alpha value is -3.51. The van der Waals surface area contributed by atoms with Crippen LogP contribution in [0.1, 0.15) is 43.1 Å². The molecule has 0 spiro atoms. The van der Waals surface area contributed by atoms with Gasteiger partial charge in [0.25, 0.3) is 0 Å². The van der Waals surface area contributed by atoms with E-state index in [9.17, 15) is 10.2 Å². The van der Waals surface area contributed by atoms with E-state index < -0.39 is 11.9 Å². The lowest BCUT2D eigenvalue weighted by atomic mass is 9.90. The summed E-state index contributed by atoms with van der Waals surface area (Å²) in [6, 6.07) is 18.7. The second-order valence-corrected chi connectivity index (χ2v) is 9.57. The lowest BCUT2D eigenvalue weighted by molar-refractivity contribution is 0.169. The summed E-state index contributed by atoms with van der Waals surface area (Å²) in [6.45, 7) is 7.29. The molecule has 2 N–H and O–H groups in total. The molecular formula is C29H30FNO4. The smallest absolute Gasteiger partial charge is 0.152 e. The summed E-state index contributed by atoms with van der Waals surface area (Å²) in [4.78, 5) is 2.46. The molecule has 1 saturated heterocycles. The Morgan fingerprint density at radius 1 is 1.06 bits per heavy atom. The molecule has 2 aliphatic heterocycles. The fourth-order valence-corrected chi connectivity index (χ4v) is 4.86. The van der Waals surface area contributed by atoms with Crippen molar-refractivity contribution >= 4 is 11.4 Å². The average Bonchev–Trinajstić information content (AvgIpc) is 3.29. The lowest BCUT2D eigenvalue weighted by Gasteiger charge is -2.29. The Labute approximate surface area is 205 Å². The predicted octanol–water partition coefficient (Wildman–Crippen LogP) is 6.18. The van der Waals surface area contributed by atoms with Crippen molar-refractivity contribution in [2.24, 2.45) is 5.92 Å². The number of benzene rings is 3. The molecule has 182 valence electrons. The molecule has 3 aromatic carbocycles. The lowest BCUT2D eigenvalue weighted by Crippen LogP contribution is -2.35. The van der Waals surface area contributed by atoms with Gasteiger partial charge in [-0.15, -0.1) is 0 Å². The highest BCUT2D eigenvalue weighted by atomic mass is 19.1. The van der Waals surface area contributed by atoms with Crippen LogP contribution in [0.5, 0.6) is 23.0 Å². The van der Waals surface area contributed by atoms with Crippen LogP contribution in [0.25, 0.3) is 11.4 Å². The normalized spacial score (nSPS) is 20.9. The van der Waals surface area contributed by atoms with E-state index in [0.717, 1.165) is 30.3 Å². The first-order valence-electron chi connectivity index (χ1n) is 12.0. The Kier molecular flexibility index (Phi) is 6.39. The van der Waals surface area contributed by atoms with Gasteiger partial charge in [-0.25, -0.2) is 4.39 Å². The molecule has 3 aromatic rings. The highest BCUT2D eigenvalue weighted by Crippen LogP contribution is 2.48. The van der Waals surface area contributed by atoms with Crippen molar-refractivity contribution in [1.29, 1.82) is 0 Å². The van der Waals surface area contributed by atoms with Gasteiger partial charge in [0.2, 0.25) is 0 Å². The van der Waals surface area contributed by atoms with E-state index in [1.54, 1.807) is 18.2 Å². The second kappa shape index (κ2) is 9.62. The van der Waals surface area contributed by atoms with Crippen molar-refractivity contribution in [2.45, 2.75) is 32.4 Å². The zero-order valence-corrected chi connectivity index (χ0v) is 19.9. The van der Waals surface area contributed by atoms with Gasteiger partial charge in [0.05, 0.1) is 5.56 Å². The van der Waals surface area contributed by atoms with Crippen molar-refractivity contribution in [3.05, 3.63) is 83.4 Å². The first-order chi connectivity index (χ1) is 16.9. The summed E-state index contributed by atoms with van der Waals surface area (Å²) in [5.74, 6) is 1.33. The maximum atomic E-state index is 15.8. The number of ether oxygens (including phenoxy) is 2. The van der Waals surface area contributed by atoms with E-state index >= 15 is 4.39 Å². The monoisotopic (exact) mass is 475 g/mol. The molecule has 0 aromatic heterocycles. The van der Waals surface area contributed by atoms with Crippen LogP contribution in [0, 0.1) is 5.92 Å². The van der Waals surface area contributed by atoms with Gasteiger partial charge < -0.3 is 19.7 Å². The zero-order chi connectivity index (χ0) is 24.5. The van der Waals surface area contributed by atoms with Crippen LogP contribution >= 0.6 is 0 Å². The number of nitrogens with zero attached hydrogens (tertiary/aromatic N) is 1. The van der Waals surface area contributed by atoms with Crippen LogP contribution in [0.3, 0.4) is 0 Å². The molecule has 3 unspecified atom stereocenters. The van der Waals surface area contributed by atoms with Gasteiger partial charge in [-0.2, -0.15) is 0 Å². The van der Waals surface area contributed by atoms with Crippen LogP contribution in [0.15, 0.2) is 66.7 Å². The molecular weight excluding hydrogens is 445 g/mol. The number of aromatic hydroxyl groups is 2. The largest absolute Gasteiger partial charge is 0.508 e. The standard InChI is InChI=1S/C29H30FNO4/c1-18-12-13-31(16-18)19(2)17-34-24-9-6-20(7-10-24)29-27(21-4-3-5-22(32)14-21)28(30)25-15-23(33)8-11-26(25)35-29/h3-11,14-15,18-19,29,32-33H,12-13,16-17H2,1-2H3. The first-order valence-corrected chi connectivity index (χ1v) is 12.0. The molecule has 0 saturated carbocycles. The topological polar surface area (TPSA) is 62.2 Å². The average molecular weight is 476 g/mol. The second-order valence-electron chi connectivity index (χ2n) is 9.57. The molecule has 0 radical (unpaired) electrons. The third-order valence-electron chi connectivity index (χ3n) is 6.85. The summed E-state index contributed by atoms with van der Waals surface area (Å²) in [5, 5.41) is 19.9. The van der Waals surface area contributed by atoms with Crippen LogP contribution in [-0.2, 0) is 0 Å². The Bertz CT molecular complexity index is 1240. The fraction of sp³-hybridized carbons (Fsp3) is 0.310. The molecule has 0 aliphatic carbocycles. The summed E-state index contributed by atoms with van der Waals surface area (Å²) >= 11 is 0. The van der Waals surface area contributed by atoms with E-state index in [-0.39, 0.29) is 17.1 Å². The van der Waals surface area contributed by atoms with Crippen LogP contribution in [0.2, 0.25) is 0 Å². The van der Waals surface area contributed by atoms with Crippen molar-refractivity contribution in [3.63, 3.8) is 0 Å². The highest BCUT2D eigenvalue weighted by Gasteiger charge is 2.32. The van der Waals surface area contributed by atoms with Crippen molar-refractivity contribution in [1.82, 2.24) is 4.90 Å². The maximum absolute atomic E-state index is 15.8. The summed E-state index contributed by atoms with van der Waals surface area (Å²) in [5.41, 5.74) is 1.75. The van der Waals surface area contributed by atoms with Gasteiger partial charge >= 0.3 is 0 Å². The van der Waals surface area contributed by atoms with Crippen LogP contribution in [-0.4, -0.2) is 40.9 Å². The van der Waals surface area contributed by atoms with Crippen molar-refractivity contribution < 1.29 is 24.1 Å². The van der Waals surface area contributed by atoms with Crippen LogP contribution < -0.4 is 9.47 Å². The molecule has 0 amide bonds. The predicted molar refractivity (Wildman–Crippen MR) is 134 cm³/mol. The van der Waals surface area contributed by atoms with Crippen LogP contribution in [0.4, 0.5) is 4.39 Å². The van der Waals surface area contributed by atoms with E-state index in [2.05, 4.69) is 18.7 Å².